The van der Waals surface area contributed by atoms with Crippen molar-refractivity contribution in [3.63, 3.8) is 0 Å². The first-order valence-corrected chi connectivity index (χ1v) is 9.63. The predicted octanol–water partition coefficient (Wildman–Crippen LogP) is 3.25. The van der Waals surface area contributed by atoms with Crippen molar-refractivity contribution >= 4 is 40.7 Å². The molecule has 1 N–H and O–H groups in total. The van der Waals surface area contributed by atoms with Crippen LogP contribution in [0.5, 0.6) is 11.5 Å². The third-order valence-corrected chi connectivity index (χ3v) is 4.49. The quantitative estimate of drug-likeness (QED) is 0.480. The Morgan fingerprint density at radius 2 is 2.07 bits per heavy atom. The van der Waals surface area contributed by atoms with Crippen molar-refractivity contribution in [3.8, 4) is 11.5 Å². The zero-order valence-electron chi connectivity index (χ0n) is 16.5. The van der Waals surface area contributed by atoms with Gasteiger partial charge in [-0.05, 0) is 24.6 Å². The SMILES string of the molecule is COc1ccnc(C(=S)NCC(=O)OC(C)Cc2ccc(F)cc2Cl)c1OC(C)=O. The number of nitrogens with one attached hydrogen (secondary N) is 1. The molecule has 10 heteroatoms. The Bertz CT molecular complexity index is 957. The fraction of sp³-hybridized carbons (Fsp3) is 0.300. The third kappa shape index (κ3) is 6.64. The minimum absolute atomic E-state index is 0.0534. The minimum Gasteiger partial charge on any atom is -0.493 e. The first-order chi connectivity index (χ1) is 14.2. The summed E-state index contributed by atoms with van der Waals surface area (Å²) in [6.45, 7) is 2.69. The van der Waals surface area contributed by atoms with Crippen molar-refractivity contribution in [1.29, 1.82) is 0 Å². The fourth-order valence-corrected chi connectivity index (χ4v) is 3.00. The number of hydrogen-bond donors (Lipinski definition) is 1. The van der Waals surface area contributed by atoms with Crippen LogP contribution in [0.1, 0.15) is 25.1 Å². The van der Waals surface area contributed by atoms with E-state index in [0.29, 0.717) is 12.0 Å². The summed E-state index contributed by atoms with van der Waals surface area (Å²) < 4.78 is 28.7. The number of pyridine rings is 1. The molecule has 7 nitrogen and oxygen atoms in total. The van der Waals surface area contributed by atoms with Crippen LogP contribution in [0.15, 0.2) is 30.5 Å². The lowest BCUT2D eigenvalue weighted by molar-refractivity contribution is -0.146. The van der Waals surface area contributed by atoms with Gasteiger partial charge in [-0.3, -0.25) is 9.59 Å². The largest absolute Gasteiger partial charge is 0.493 e. The average Bonchev–Trinajstić information content (AvgIpc) is 2.68. The molecule has 0 fully saturated rings. The molecule has 0 spiro atoms. The molecule has 0 bridgehead atoms. The molecular formula is C20H20ClFN2O5S. The van der Waals surface area contributed by atoms with Gasteiger partial charge in [0.1, 0.15) is 29.1 Å². The van der Waals surface area contributed by atoms with E-state index in [1.54, 1.807) is 13.0 Å². The topological polar surface area (TPSA) is 86.8 Å². The second-order valence-corrected chi connectivity index (χ2v) is 7.02. The minimum atomic E-state index is -0.571. The summed E-state index contributed by atoms with van der Waals surface area (Å²) in [4.78, 5) is 27.7. The molecule has 0 saturated heterocycles. The van der Waals surface area contributed by atoms with E-state index in [4.69, 9.17) is 38.0 Å². The average molecular weight is 455 g/mol. The summed E-state index contributed by atoms with van der Waals surface area (Å²) in [7, 11) is 1.41. The van der Waals surface area contributed by atoms with Crippen LogP contribution in [0, 0.1) is 5.82 Å². The molecular weight excluding hydrogens is 435 g/mol. The summed E-state index contributed by atoms with van der Waals surface area (Å²) in [5.41, 5.74) is 0.812. The van der Waals surface area contributed by atoms with E-state index >= 15 is 0 Å². The molecule has 1 unspecified atom stereocenters. The van der Waals surface area contributed by atoms with Gasteiger partial charge in [-0.1, -0.05) is 29.9 Å². The molecule has 1 aromatic carbocycles. The molecule has 2 aromatic rings. The first kappa shape index (κ1) is 23.5. The van der Waals surface area contributed by atoms with Crippen LogP contribution in [0.3, 0.4) is 0 Å². The number of hydrogen-bond acceptors (Lipinski definition) is 7. The monoisotopic (exact) mass is 454 g/mol. The van der Waals surface area contributed by atoms with Crippen LogP contribution in [-0.2, 0) is 20.7 Å². The highest BCUT2D eigenvalue weighted by Gasteiger charge is 2.19. The highest BCUT2D eigenvalue weighted by Crippen LogP contribution is 2.29. The maximum absolute atomic E-state index is 13.1. The van der Waals surface area contributed by atoms with Gasteiger partial charge in [-0.15, -0.1) is 0 Å². The van der Waals surface area contributed by atoms with Gasteiger partial charge in [-0.25, -0.2) is 9.37 Å². The van der Waals surface area contributed by atoms with Gasteiger partial charge in [0.2, 0.25) is 5.75 Å². The predicted molar refractivity (Wildman–Crippen MR) is 112 cm³/mol. The first-order valence-electron chi connectivity index (χ1n) is 8.84. The number of methoxy groups -OCH3 is 1. The zero-order valence-corrected chi connectivity index (χ0v) is 18.1. The smallest absolute Gasteiger partial charge is 0.325 e. The molecule has 1 heterocycles. The summed E-state index contributed by atoms with van der Waals surface area (Å²) in [6.07, 6.45) is 1.26. The summed E-state index contributed by atoms with van der Waals surface area (Å²) in [6, 6.07) is 5.55. The zero-order chi connectivity index (χ0) is 22.3. The van der Waals surface area contributed by atoms with E-state index in [1.807, 2.05) is 0 Å². The van der Waals surface area contributed by atoms with Gasteiger partial charge in [0.25, 0.3) is 0 Å². The standard InChI is InChI=1S/C20H20ClFN2O5S/c1-11(8-13-4-5-14(22)9-15(13)21)28-17(26)10-24-20(30)18-19(29-12(2)25)16(27-3)6-7-23-18/h4-7,9,11H,8,10H2,1-3H3,(H,24,30). The van der Waals surface area contributed by atoms with Crippen molar-refractivity contribution in [3.05, 3.63) is 52.6 Å². The summed E-state index contributed by atoms with van der Waals surface area (Å²) in [5.74, 6) is -1.26. The molecule has 0 radical (unpaired) electrons. The van der Waals surface area contributed by atoms with E-state index in [9.17, 15) is 14.0 Å². The van der Waals surface area contributed by atoms with Crippen LogP contribution in [0.4, 0.5) is 4.39 Å². The van der Waals surface area contributed by atoms with Gasteiger partial charge in [0, 0.05) is 30.6 Å². The molecule has 30 heavy (non-hydrogen) atoms. The van der Waals surface area contributed by atoms with E-state index < -0.39 is 23.9 Å². The molecule has 0 aliphatic rings. The van der Waals surface area contributed by atoms with Crippen molar-refractivity contribution in [1.82, 2.24) is 10.3 Å². The summed E-state index contributed by atoms with van der Waals surface area (Å²) >= 11 is 11.2. The van der Waals surface area contributed by atoms with Crippen molar-refractivity contribution in [2.24, 2.45) is 0 Å². The van der Waals surface area contributed by atoms with E-state index in [1.165, 1.54) is 38.4 Å². The van der Waals surface area contributed by atoms with Crippen LogP contribution < -0.4 is 14.8 Å². The van der Waals surface area contributed by atoms with E-state index in [0.717, 1.165) is 0 Å². The molecule has 0 amide bonds. The van der Waals surface area contributed by atoms with Crippen molar-refractivity contribution in [2.75, 3.05) is 13.7 Å². The van der Waals surface area contributed by atoms with Crippen LogP contribution in [0.25, 0.3) is 0 Å². The van der Waals surface area contributed by atoms with E-state index in [-0.39, 0.29) is 33.7 Å². The van der Waals surface area contributed by atoms with Crippen LogP contribution in [-0.4, -0.2) is 41.7 Å². The Hall–Kier alpha value is -2.78. The Balaban J connectivity index is 1.96. The lowest BCUT2D eigenvalue weighted by atomic mass is 10.1. The number of ether oxygens (including phenoxy) is 3. The molecule has 1 atom stereocenters. The molecule has 0 aliphatic carbocycles. The van der Waals surface area contributed by atoms with Crippen molar-refractivity contribution < 1.29 is 28.2 Å². The maximum atomic E-state index is 13.1. The Labute approximate surface area is 183 Å². The highest BCUT2D eigenvalue weighted by molar-refractivity contribution is 7.80. The second kappa shape index (κ2) is 10.8. The number of thiocarbonyl (C=S) groups is 1. The third-order valence-electron chi connectivity index (χ3n) is 3.80. The van der Waals surface area contributed by atoms with E-state index in [2.05, 4.69) is 10.3 Å². The molecule has 2 rings (SSSR count). The number of rotatable bonds is 8. The van der Waals surface area contributed by atoms with Gasteiger partial charge < -0.3 is 19.5 Å². The van der Waals surface area contributed by atoms with Gasteiger partial charge in [0.05, 0.1) is 7.11 Å². The number of benzene rings is 1. The number of halogens is 2. The lowest BCUT2D eigenvalue weighted by Crippen LogP contribution is -2.32. The molecule has 0 saturated carbocycles. The number of carbonyl (C=O) groups is 2. The van der Waals surface area contributed by atoms with Gasteiger partial charge >= 0.3 is 11.9 Å². The number of nitrogens with zero attached hydrogens (tertiary/aromatic N) is 1. The van der Waals surface area contributed by atoms with Crippen LogP contribution >= 0.6 is 23.8 Å². The highest BCUT2D eigenvalue weighted by atomic mass is 35.5. The molecule has 1 aromatic heterocycles. The second-order valence-electron chi connectivity index (χ2n) is 6.21. The van der Waals surface area contributed by atoms with Gasteiger partial charge in [-0.2, -0.15) is 0 Å². The van der Waals surface area contributed by atoms with Gasteiger partial charge in [0.15, 0.2) is 5.75 Å². The number of carbonyl (C=O) groups excluding carboxylic acids is 2. The molecule has 0 aliphatic heterocycles. The summed E-state index contributed by atoms with van der Waals surface area (Å²) in [5, 5.41) is 2.99. The van der Waals surface area contributed by atoms with Crippen molar-refractivity contribution in [2.45, 2.75) is 26.4 Å². The Kier molecular flexibility index (Phi) is 8.49. The number of esters is 2. The fourth-order valence-electron chi connectivity index (χ4n) is 2.54. The normalized spacial score (nSPS) is 11.4. The van der Waals surface area contributed by atoms with Crippen LogP contribution in [0.2, 0.25) is 5.02 Å². The number of aromatic nitrogens is 1. The maximum Gasteiger partial charge on any atom is 0.325 e. The Morgan fingerprint density at radius 3 is 2.70 bits per heavy atom. The Morgan fingerprint density at radius 1 is 1.33 bits per heavy atom. The lowest BCUT2D eigenvalue weighted by Gasteiger charge is -2.16. The molecule has 160 valence electrons.